The number of hydrogen-bond acceptors (Lipinski definition) is 5. The highest BCUT2D eigenvalue weighted by Gasteiger charge is 2.33. The van der Waals surface area contributed by atoms with Gasteiger partial charge in [0.15, 0.2) is 11.5 Å². The molecular weight excluding hydrogens is 385 g/mol. The van der Waals surface area contributed by atoms with Crippen LogP contribution in [0.5, 0.6) is 11.5 Å². The van der Waals surface area contributed by atoms with Crippen LogP contribution in [-0.2, 0) is 6.18 Å². The Morgan fingerprint density at radius 3 is 2.37 bits per heavy atom. The minimum Gasteiger partial charge on any atom is -0.493 e. The molecule has 2 heterocycles. The Labute approximate surface area is 157 Å². The molecule has 0 amide bonds. The van der Waals surface area contributed by atoms with Gasteiger partial charge in [-0.3, -0.25) is 10.1 Å². The molecule has 142 valence electrons. The summed E-state index contributed by atoms with van der Waals surface area (Å²) >= 11 is 6.15. The number of ether oxygens (including phenoxy) is 2. The summed E-state index contributed by atoms with van der Waals surface area (Å²) in [6, 6.07) is 5.93. The average Bonchev–Trinajstić information content (AvgIpc) is 3.16. The lowest BCUT2D eigenvalue weighted by molar-refractivity contribution is -0.137. The van der Waals surface area contributed by atoms with Gasteiger partial charge in [-0.25, -0.2) is 4.98 Å². The van der Waals surface area contributed by atoms with Crippen LogP contribution in [0.15, 0.2) is 36.8 Å². The van der Waals surface area contributed by atoms with Crippen molar-refractivity contribution in [3.05, 3.63) is 64.5 Å². The van der Waals surface area contributed by atoms with Crippen molar-refractivity contribution in [1.29, 1.82) is 0 Å². The third-order valence-corrected chi connectivity index (χ3v) is 4.22. The summed E-state index contributed by atoms with van der Waals surface area (Å²) in [6.45, 7) is 0. The van der Waals surface area contributed by atoms with Crippen LogP contribution >= 0.6 is 11.6 Å². The minimum atomic E-state index is -4.54. The second-order valence-corrected chi connectivity index (χ2v) is 5.91. The second kappa shape index (κ2) is 7.43. The third kappa shape index (κ3) is 3.82. The molecule has 3 aromatic rings. The van der Waals surface area contributed by atoms with E-state index in [-0.39, 0.29) is 10.7 Å². The van der Waals surface area contributed by atoms with Gasteiger partial charge in [-0.1, -0.05) is 17.7 Å². The third-order valence-electron chi connectivity index (χ3n) is 3.92. The predicted molar refractivity (Wildman–Crippen MR) is 91.1 cm³/mol. The summed E-state index contributed by atoms with van der Waals surface area (Å²) in [6.07, 6.45) is -2.51. The lowest BCUT2D eigenvalue weighted by atomic mass is 9.93. The molecule has 0 aliphatic heterocycles. The van der Waals surface area contributed by atoms with Crippen LogP contribution in [0.3, 0.4) is 0 Å². The van der Waals surface area contributed by atoms with Crippen molar-refractivity contribution >= 4 is 11.6 Å². The Hall–Kier alpha value is -2.81. The molecule has 10 heteroatoms. The number of nitrogens with one attached hydrogen (secondary N) is 1. The highest BCUT2D eigenvalue weighted by molar-refractivity contribution is 6.31. The number of alkyl halides is 3. The molecule has 0 radical (unpaired) electrons. The van der Waals surface area contributed by atoms with E-state index in [0.717, 1.165) is 12.3 Å². The van der Waals surface area contributed by atoms with E-state index in [4.69, 9.17) is 21.1 Å². The largest absolute Gasteiger partial charge is 0.493 e. The number of methoxy groups -OCH3 is 2. The summed E-state index contributed by atoms with van der Waals surface area (Å²) in [5, 5.41) is 6.39. The van der Waals surface area contributed by atoms with Crippen LogP contribution in [0.1, 0.15) is 28.6 Å². The number of H-pyrrole nitrogens is 1. The van der Waals surface area contributed by atoms with Gasteiger partial charge in [0.05, 0.1) is 36.4 Å². The highest BCUT2D eigenvalue weighted by atomic mass is 35.5. The van der Waals surface area contributed by atoms with E-state index < -0.39 is 17.7 Å². The molecule has 0 saturated heterocycles. The fraction of sp³-hybridized carbons (Fsp3) is 0.235. The van der Waals surface area contributed by atoms with E-state index in [1.807, 2.05) is 0 Å². The van der Waals surface area contributed by atoms with Crippen molar-refractivity contribution in [3.63, 3.8) is 0 Å². The van der Waals surface area contributed by atoms with Crippen LogP contribution in [0.4, 0.5) is 13.2 Å². The van der Waals surface area contributed by atoms with Crippen molar-refractivity contribution in [3.8, 4) is 11.5 Å². The molecule has 1 N–H and O–H groups in total. The first-order valence-electron chi connectivity index (χ1n) is 7.65. The van der Waals surface area contributed by atoms with Gasteiger partial charge in [-0.2, -0.15) is 18.3 Å². The summed E-state index contributed by atoms with van der Waals surface area (Å²) in [5.74, 6) is 0.644. The lowest BCUT2D eigenvalue weighted by Gasteiger charge is -2.18. The maximum atomic E-state index is 12.9. The zero-order valence-corrected chi connectivity index (χ0v) is 15.0. The van der Waals surface area contributed by atoms with Gasteiger partial charge in [0.2, 0.25) is 0 Å². The van der Waals surface area contributed by atoms with Crippen LogP contribution in [0.25, 0.3) is 0 Å². The monoisotopic (exact) mass is 398 g/mol. The lowest BCUT2D eigenvalue weighted by Crippen LogP contribution is -2.12. The number of halogens is 4. The van der Waals surface area contributed by atoms with Gasteiger partial charge in [0.1, 0.15) is 12.2 Å². The number of aromatic amines is 1. The summed E-state index contributed by atoms with van der Waals surface area (Å²) in [4.78, 5) is 8.08. The van der Waals surface area contributed by atoms with Crippen LogP contribution in [0, 0.1) is 0 Å². The molecule has 1 aromatic carbocycles. The van der Waals surface area contributed by atoms with Gasteiger partial charge in [-0.15, -0.1) is 0 Å². The van der Waals surface area contributed by atoms with E-state index in [0.29, 0.717) is 22.9 Å². The molecule has 0 unspecified atom stereocenters. The van der Waals surface area contributed by atoms with E-state index in [1.54, 1.807) is 18.2 Å². The number of benzene rings is 1. The first-order chi connectivity index (χ1) is 12.8. The molecule has 2 aromatic heterocycles. The maximum absolute atomic E-state index is 12.9. The smallest absolute Gasteiger partial charge is 0.417 e. The number of aromatic nitrogens is 4. The number of rotatable bonds is 5. The molecule has 3 rings (SSSR count). The molecule has 0 aliphatic rings. The highest BCUT2D eigenvalue weighted by Crippen LogP contribution is 2.39. The first-order valence-corrected chi connectivity index (χ1v) is 8.02. The molecule has 27 heavy (non-hydrogen) atoms. The molecule has 0 aliphatic carbocycles. The number of hydrogen-bond donors (Lipinski definition) is 1. The van der Waals surface area contributed by atoms with E-state index in [9.17, 15) is 13.2 Å². The normalized spacial score (nSPS) is 12.7. The topological polar surface area (TPSA) is 72.9 Å². The van der Waals surface area contributed by atoms with Crippen molar-refractivity contribution in [2.45, 2.75) is 12.1 Å². The van der Waals surface area contributed by atoms with Gasteiger partial charge < -0.3 is 9.47 Å². The van der Waals surface area contributed by atoms with E-state index >= 15 is 0 Å². The van der Waals surface area contributed by atoms with Crippen LogP contribution in [0.2, 0.25) is 5.02 Å². The van der Waals surface area contributed by atoms with Crippen LogP contribution < -0.4 is 9.47 Å². The first kappa shape index (κ1) is 19.0. The van der Waals surface area contributed by atoms with Crippen molar-refractivity contribution in [2.75, 3.05) is 14.2 Å². The zero-order valence-electron chi connectivity index (χ0n) is 14.2. The zero-order chi connectivity index (χ0) is 19.6. The van der Waals surface area contributed by atoms with Gasteiger partial charge in [0, 0.05) is 6.20 Å². The fourth-order valence-corrected chi connectivity index (χ4v) is 2.92. The summed E-state index contributed by atoms with van der Waals surface area (Å²) in [7, 11) is 2.98. The molecular formula is C17H14ClF3N4O2. The average molecular weight is 399 g/mol. The number of nitrogens with zero attached hydrogens (tertiary/aromatic N) is 3. The molecule has 6 nitrogen and oxygen atoms in total. The molecule has 1 atom stereocenters. The van der Waals surface area contributed by atoms with E-state index in [2.05, 4.69) is 20.2 Å². The molecule has 0 saturated carbocycles. The quantitative estimate of drug-likeness (QED) is 0.701. The van der Waals surface area contributed by atoms with Crippen LogP contribution in [-0.4, -0.2) is 34.4 Å². The summed E-state index contributed by atoms with van der Waals surface area (Å²) < 4.78 is 49.3. The Balaban J connectivity index is 2.14. The molecule has 0 bridgehead atoms. The van der Waals surface area contributed by atoms with Crippen molar-refractivity contribution < 1.29 is 22.6 Å². The Morgan fingerprint density at radius 1 is 1.07 bits per heavy atom. The van der Waals surface area contributed by atoms with Gasteiger partial charge >= 0.3 is 6.18 Å². The van der Waals surface area contributed by atoms with Crippen molar-refractivity contribution in [1.82, 2.24) is 20.2 Å². The molecule has 0 fully saturated rings. The van der Waals surface area contributed by atoms with Gasteiger partial charge in [0.25, 0.3) is 0 Å². The Kier molecular flexibility index (Phi) is 5.22. The SMILES string of the molecule is COc1ccc([C@H](c2ncn[nH]2)c2ncc(C(F)(F)F)cc2Cl)cc1OC. The predicted octanol–water partition coefficient (Wildman–Crippen LogP) is 4.07. The molecule has 0 spiro atoms. The minimum absolute atomic E-state index is 0.138. The van der Waals surface area contributed by atoms with Crippen molar-refractivity contribution in [2.24, 2.45) is 0 Å². The summed E-state index contributed by atoms with van der Waals surface area (Å²) in [5.41, 5.74) is -0.0907. The second-order valence-electron chi connectivity index (χ2n) is 5.51. The van der Waals surface area contributed by atoms with Gasteiger partial charge in [-0.05, 0) is 23.8 Å². The standard InChI is InChI=1S/C17H14ClF3N4O2/c1-26-12-4-3-9(5-13(12)27-2)14(16-23-8-24-25-16)15-11(18)6-10(7-22-15)17(19,20)21/h3-8,14H,1-2H3,(H,23,24,25)/t14-/m0/s1. The Morgan fingerprint density at radius 2 is 1.81 bits per heavy atom. The number of pyridine rings is 1. The van der Waals surface area contributed by atoms with E-state index in [1.165, 1.54) is 20.5 Å². The maximum Gasteiger partial charge on any atom is 0.417 e. The fourth-order valence-electron chi connectivity index (χ4n) is 2.65. The Bertz CT molecular complexity index is 932.